The van der Waals surface area contributed by atoms with Gasteiger partial charge >= 0.3 is 0 Å². The molecule has 1 aromatic heterocycles. The van der Waals surface area contributed by atoms with Crippen molar-refractivity contribution in [1.82, 2.24) is 9.97 Å². The van der Waals surface area contributed by atoms with E-state index in [0.717, 1.165) is 28.1 Å². The lowest BCUT2D eigenvalue weighted by molar-refractivity contribution is 0.938. The number of hydrogen-bond donors (Lipinski definition) is 0. The molecule has 0 atom stereocenters. The Morgan fingerprint density at radius 2 is 1.14 bits per heavy atom. The molecule has 0 fully saturated rings. The molecular formula is C24H20N4. The third-order valence-electron chi connectivity index (χ3n) is 4.32. The SMILES string of the molecule is CN(/N=C\c1ccccc1)c1nc(-c2ccccc2)cc(-c2ccccc2)n1. The molecule has 4 heteroatoms. The van der Waals surface area contributed by atoms with Gasteiger partial charge in [0.15, 0.2) is 0 Å². The van der Waals surface area contributed by atoms with E-state index in [1.165, 1.54) is 0 Å². The van der Waals surface area contributed by atoms with Gasteiger partial charge in [0.25, 0.3) is 0 Å². The Balaban J connectivity index is 1.74. The Morgan fingerprint density at radius 1 is 0.679 bits per heavy atom. The van der Waals surface area contributed by atoms with Crippen LogP contribution in [-0.2, 0) is 0 Å². The molecule has 0 saturated heterocycles. The van der Waals surface area contributed by atoms with Crippen LogP contribution in [0.5, 0.6) is 0 Å². The lowest BCUT2D eigenvalue weighted by atomic mass is 10.1. The largest absolute Gasteiger partial charge is 0.247 e. The van der Waals surface area contributed by atoms with Crippen LogP contribution in [0.4, 0.5) is 5.95 Å². The number of anilines is 1. The minimum atomic E-state index is 0.549. The summed E-state index contributed by atoms with van der Waals surface area (Å²) in [5.41, 5.74) is 4.85. The number of aromatic nitrogens is 2. The molecule has 0 amide bonds. The van der Waals surface area contributed by atoms with Crippen LogP contribution in [0.25, 0.3) is 22.5 Å². The molecule has 3 aromatic carbocycles. The highest BCUT2D eigenvalue weighted by molar-refractivity contribution is 5.80. The van der Waals surface area contributed by atoms with Gasteiger partial charge in [-0.15, -0.1) is 0 Å². The molecule has 0 aliphatic rings. The van der Waals surface area contributed by atoms with Crippen molar-refractivity contribution < 1.29 is 0 Å². The summed E-state index contributed by atoms with van der Waals surface area (Å²) in [6, 6.07) is 32.2. The van der Waals surface area contributed by atoms with Crippen molar-refractivity contribution in [3.8, 4) is 22.5 Å². The second-order valence-corrected chi connectivity index (χ2v) is 6.35. The highest BCUT2D eigenvalue weighted by Crippen LogP contribution is 2.26. The topological polar surface area (TPSA) is 41.4 Å². The second kappa shape index (κ2) is 8.27. The van der Waals surface area contributed by atoms with Gasteiger partial charge in [-0.3, -0.25) is 0 Å². The van der Waals surface area contributed by atoms with E-state index in [0.29, 0.717) is 5.95 Å². The fourth-order valence-corrected chi connectivity index (χ4v) is 2.84. The summed E-state index contributed by atoms with van der Waals surface area (Å²) in [6.45, 7) is 0. The molecule has 0 unspecified atom stereocenters. The molecule has 0 aliphatic carbocycles. The highest BCUT2D eigenvalue weighted by atomic mass is 15.5. The van der Waals surface area contributed by atoms with Crippen molar-refractivity contribution >= 4 is 12.2 Å². The minimum Gasteiger partial charge on any atom is -0.235 e. The Hall–Kier alpha value is -3.79. The molecule has 0 radical (unpaired) electrons. The van der Waals surface area contributed by atoms with Crippen LogP contribution in [0.15, 0.2) is 102 Å². The summed E-state index contributed by atoms with van der Waals surface area (Å²) in [5.74, 6) is 0.549. The standard InChI is InChI=1S/C24H20N4/c1-28(25-18-19-11-5-2-6-12-19)24-26-22(20-13-7-3-8-14-20)17-23(27-24)21-15-9-4-10-16-21/h2-18H,1H3/b25-18-. The smallest absolute Gasteiger partial charge is 0.235 e. The van der Waals surface area contributed by atoms with E-state index in [4.69, 9.17) is 9.97 Å². The van der Waals surface area contributed by atoms with Crippen molar-refractivity contribution in [2.24, 2.45) is 5.10 Å². The first kappa shape index (κ1) is 17.6. The highest BCUT2D eigenvalue weighted by Gasteiger charge is 2.11. The average molecular weight is 364 g/mol. The zero-order chi connectivity index (χ0) is 19.2. The van der Waals surface area contributed by atoms with Crippen LogP contribution in [0, 0.1) is 0 Å². The number of nitrogens with zero attached hydrogens (tertiary/aromatic N) is 4. The summed E-state index contributed by atoms with van der Waals surface area (Å²) in [4.78, 5) is 9.48. The summed E-state index contributed by atoms with van der Waals surface area (Å²) >= 11 is 0. The summed E-state index contributed by atoms with van der Waals surface area (Å²) < 4.78 is 0. The Labute approximate surface area is 164 Å². The molecule has 4 aromatic rings. The molecule has 4 rings (SSSR count). The first-order valence-electron chi connectivity index (χ1n) is 9.12. The Kier molecular flexibility index (Phi) is 5.20. The number of hydrogen-bond acceptors (Lipinski definition) is 4. The van der Waals surface area contributed by atoms with Crippen LogP contribution < -0.4 is 5.01 Å². The molecule has 1 heterocycles. The van der Waals surface area contributed by atoms with Crippen LogP contribution in [0.2, 0.25) is 0 Å². The van der Waals surface area contributed by atoms with Crippen molar-refractivity contribution in [3.63, 3.8) is 0 Å². The predicted octanol–water partition coefficient (Wildman–Crippen LogP) is 5.28. The summed E-state index contributed by atoms with van der Waals surface area (Å²) in [6.07, 6.45) is 1.81. The van der Waals surface area contributed by atoms with Gasteiger partial charge in [0.2, 0.25) is 5.95 Å². The summed E-state index contributed by atoms with van der Waals surface area (Å²) in [7, 11) is 1.86. The normalized spacial score (nSPS) is 10.9. The maximum atomic E-state index is 4.74. The van der Waals surface area contributed by atoms with E-state index < -0.39 is 0 Å². The van der Waals surface area contributed by atoms with Crippen LogP contribution >= 0.6 is 0 Å². The second-order valence-electron chi connectivity index (χ2n) is 6.35. The number of hydrazone groups is 1. The van der Waals surface area contributed by atoms with E-state index in [1.807, 2.05) is 104 Å². The molecule has 0 spiro atoms. The van der Waals surface area contributed by atoms with E-state index in [2.05, 4.69) is 5.10 Å². The summed E-state index contributed by atoms with van der Waals surface area (Å²) in [5, 5.41) is 6.22. The fourth-order valence-electron chi connectivity index (χ4n) is 2.84. The van der Waals surface area contributed by atoms with Crippen molar-refractivity contribution in [2.75, 3.05) is 12.1 Å². The van der Waals surface area contributed by atoms with Crippen molar-refractivity contribution in [1.29, 1.82) is 0 Å². The van der Waals surface area contributed by atoms with E-state index in [1.54, 1.807) is 11.2 Å². The molecule has 0 bridgehead atoms. The van der Waals surface area contributed by atoms with Crippen LogP contribution in [0.1, 0.15) is 5.56 Å². The van der Waals surface area contributed by atoms with Gasteiger partial charge in [-0.25, -0.2) is 15.0 Å². The van der Waals surface area contributed by atoms with Crippen molar-refractivity contribution in [3.05, 3.63) is 103 Å². The third-order valence-corrected chi connectivity index (χ3v) is 4.32. The van der Waals surface area contributed by atoms with Gasteiger partial charge in [0, 0.05) is 18.2 Å². The molecule has 4 nitrogen and oxygen atoms in total. The van der Waals surface area contributed by atoms with Crippen LogP contribution in [0.3, 0.4) is 0 Å². The van der Waals surface area contributed by atoms with Gasteiger partial charge in [0.05, 0.1) is 17.6 Å². The molecule has 0 N–H and O–H groups in total. The zero-order valence-electron chi connectivity index (χ0n) is 15.6. The lowest BCUT2D eigenvalue weighted by Crippen LogP contribution is -2.13. The molecule has 0 aliphatic heterocycles. The molecular weight excluding hydrogens is 344 g/mol. The number of rotatable bonds is 5. The van der Waals surface area contributed by atoms with Crippen molar-refractivity contribution in [2.45, 2.75) is 0 Å². The first-order valence-corrected chi connectivity index (χ1v) is 9.12. The maximum Gasteiger partial charge on any atom is 0.247 e. The maximum absolute atomic E-state index is 4.74. The first-order chi connectivity index (χ1) is 13.8. The quantitative estimate of drug-likeness (QED) is 0.357. The van der Waals surface area contributed by atoms with E-state index in [9.17, 15) is 0 Å². The predicted molar refractivity (Wildman–Crippen MR) is 115 cm³/mol. The fraction of sp³-hybridized carbons (Fsp3) is 0.0417. The molecule has 0 saturated carbocycles. The monoisotopic (exact) mass is 364 g/mol. The lowest BCUT2D eigenvalue weighted by Gasteiger charge is -2.14. The van der Waals surface area contributed by atoms with E-state index >= 15 is 0 Å². The Morgan fingerprint density at radius 3 is 1.64 bits per heavy atom. The van der Waals surface area contributed by atoms with Gasteiger partial charge in [0.1, 0.15) is 0 Å². The molecule has 28 heavy (non-hydrogen) atoms. The minimum absolute atomic E-state index is 0.549. The van der Waals surface area contributed by atoms with Gasteiger partial charge in [-0.05, 0) is 11.6 Å². The van der Waals surface area contributed by atoms with Crippen LogP contribution in [-0.4, -0.2) is 23.2 Å². The number of benzene rings is 3. The van der Waals surface area contributed by atoms with Gasteiger partial charge in [-0.2, -0.15) is 5.10 Å². The van der Waals surface area contributed by atoms with E-state index in [-0.39, 0.29) is 0 Å². The van der Waals surface area contributed by atoms with Gasteiger partial charge < -0.3 is 0 Å². The third kappa shape index (κ3) is 4.13. The van der Waals surface area contributed by atoms with Gasteiger partial charge in [-0.1, -0.05) is 91.0 Å². The zero-order valence-corrected chi connectivity index (χ0v) is 15.6. The molecule has 136 valence electrons. The average Bonchev–Trinajstić information content (AvgIpc) is 2.79. The Bertz CT molecular complexity index is 1000.